The summed E-state index contributed by atoms with van der Waals surface area (Å²) in [5.41, 5.74) is 2.50. The van der Waals surface area contributed by atoms with Gasteiger partial charge in [-0.05, 0) is 24.5 Å². The van der Waals surface area contributed by atoms with Crippen molar-refractivity contribution in [2.24, 2.45) is 0 Å². The summed E-state index contributed by atoms with van der Waals surface area (Å²) in [5, 5.41) is 1.20. The molecule has 1 aliphatic rings. The molecule has 0 fully saturated rings. The van der Waals surface area contributed by atoms with E-state index in [1.54, 1.807) is 35.2 Å². The van der Waals surface area contributed by atoms with Gasteiger partial charge in [-0.1, -0.05) is 53.2 Å². The van der Waals surface area contributed by atoms with Gasteiger partial charge < -0.3 is 9.64 Å². The Labute approximate surface area is 187 Å². The van der Waals surface area contributed by atoms with Crippen LogP contribution in [0.2, 0.25) is 10.0 Å². The fraction of sp³-hybridized carbons (Fsp3) is 0.190. The molecule has 0 N–H and O–H groups in total. The van der Waals surface area contributed by atoms with Gasteiger partial charge in [0.25, 0.3) is 5.91 Å². The first-order valence-corrected chi connectivity index (χ1v) is 10.9. The number of methoxy groups -OCH3 is 1. The van der Waals surface area contributed by atoms with E-state index in [1.807, 2.05) is 6.26 Å². The van der Waals surface area contributed by atoms with Crippen LogP contribution in [0.4, 0.5) is 4.39 Å². The fourth-order valence-electron chi connectivity index (χ4n) is 3.34. The molecule has 3 aromatic rings. The summed E-state index contributed by atoms with van der Waals surface area (Å²) in [5.74, 6) is -0.186. The van der Waals surface area contributed by atoms with Gasteiger partial charge in [0.1, 0.15) is 17.3 Å². The molecular formula is C21H16Cl2FN3O2S. The molecule has 0 unspecified atom stereocenters. The third kappa shape index (κ3) is 3.73. The van der Waals surface area contributed by atoms with Crippen LogP contribution in [0.15, 0.2) is 41.6 Å². The quantitative estimate of drug-likeness (QED) is 0.370. The van der Waals surface area contributed by atoms with Crippen molar-refractivity contribution in [1.29, 1.82) is 0 Å². The number of aromatic nitrogens is 2. The maximum Gasteiger partial charge on any atom is 0.273 e. The average molecular weight is 464 g/mol. The second kappa shape index (κ2) is 8.41. The van der Waals surface area contributed by atoms with Crippen LogP contribution >= 0.6 is 35.0 Å². The lowest BCUT2D eigenvalue weighted by atomic mass is 10.1. The summed E-state index contributed by atoms with van der Waals surface area (Å²) in [6.07, 6.45) is 1.83. The molecule has 0 aliphatic carbocycles. The number of hydrogen-bond donors (Lipinski definition) is 0. The van der Waals surface area contributed by atoms with Gasteiger partial charge >= 0.3 is 0 Å². The van der Waals surface area contributed by atoms with Gasteiger partial charge in [0.15, 0.2) is 5.16 Å². The number of thioether (sulfide) groups is 1. The molecule has 9 heteroatoms. The van der Waals surface area contributed by atoms with Crippen LogP contribution in [-0.2, 0) is 13.1 Å². The lowest BCUT2D eigenvalue weighted by Crippen LogP contribution is -2.24. The second-order valence-electron chi connectivity index (χ2n) is 6.61. The van der Waals surface area contributed by atoms with Crippen molar-refractivity contribution in [3.05, 3.63) is 69.1 Å². The lowest BCUT2D eigenvalue weighted by molar-refractivity contribution is 0.0760. The monoisotopic (exact) mass is 463 g/mol. The van der Waals surface area contributed by atoms with Gasteiger partial charge in [-0.25, -0.2) is 14.4 Å². The van der Waals surface area contributed by atoms with Gasteiger partial charge in [0.2, 0.25) is 0 Å². The number of ether oxygens (including phenoxy) is 1. The van der Waals surface area contributed by atoms with Crippen molar-refractivity contribution in [2.45, 2.75) is 18.2 Å². The first-order valence-electron chi connectivity index (χ1n) is 8.94. The first-order chi connectivity index (χ1) is 14.4. The number of hydrogen-bond acceptors (Lipinski definition) is 5. The Morgan fingerprint density at radius 1 is 1.17 bits per heavy atom. The molecule has 0 bridgehead atoms. The highest BCUT2D eigenvalue weighted by molar-refractivity contribution is 7.98. The van der Waals surface area contributed by atoms with Crippen LogP contribution < -0.4 is 4.74 Å². The van der Waals surface area contributed by atoms with Crippen LogP contribution in [0.1, 0.15) is 21.6 Å². The summed E-state index contributed by atoms with van der Waals surface area (Å²) in [7, 11) is 1.51. The van der Waals surface area contributed by atoms with Crippen LogP contribution in [0.3, 0.4) is 0 Å². The highest BCUT2D eigenvalue weighted by atomic mass is 35.5. The van der Waals surface area contributed by atoms with E-state index < -0.39 is 0 Å². The zero-order valence-corrected chi connectivity index (χ0v) is 18.4. The lowest BCUT2D eigenvalue weighted by Gasteiger charge is -2.16. The Kier molecular flexibility index (Phi) is 5.86. The molecule has 0 spiro atoms. The topological polar surface area (TPSA) is 55.3 Å². The van der Waals surface area contributed by atoms with E-state index in [9.17, 15) is 9.18 Å². The summed E-state index contributed by atoms with van der Waals surface area (Å²) in [4.78, 5) is 23.6. The molecule has 0 radical (unpaired) electrons. The molecule has 0 saturated heterocycles. The number of nitrogens with zero attached hydrogens (tertiary/aromatic N) is 3. The number of amides is 1. The van der Waals surface area contributed by atoms with Gasteiger partial charge in [-0.2, -0.15) is 0 Å². The molecule has 1 aromatic heterocycles. The summed E-state index contributed by atoms with van der Waals surface area (Å²) < 4.78 is 19.4. The minimum atomic E-state index is -0.358. The van der Waals surface area contributed by atoms with Crippen molar-refractivity contribution >= 4 is 40.9 Å². The van der Waals surface area contributed by atoms with Crippen molar-refractivity contribution in [3.8, 4) is 17.0 Å². The first kappa shape index (κ1) is 20.9. The van der Waals surface area contributed by atoms with Crippen LogP contribution in [0, 0.1) is 5.82 Å². The molecule has 4 rings (SSSR count). The fourth-order valence-corrected chi connectivity index (χ4v) is 4.26. The van der Waals surface area contributed by atoms with Crippen LogP contribution in [-0.4, -0.2) is 34.1 Å². The number of carbonyl (C=O) groups excluding carboxylic acids is 1. The van der Waals surface area contributed by atoms with E-state index in [1.165, 1.54) is 24.9 Å². The van der Waals surface area contributed by atoms with E-state index in [0.29, 0.717) is 49.0 Å². The van der Waals surface area contributed by atoms with Gasteiger partial charge in [-0.3, -0.25) is 4.79 Å². The largest absolute Gasteiger partial charge is 0.495 e. The zero-order chi connectivity index (χ0) is 21.4. The van der Waals surface area contributed by atoms with Crippen LogP contribution in [0.5, 0.6) is 5.75 Å². The highest BCUT2D eigenvalue weighted by Gasteiger charge is 2.34. The van der Waals surface area contributed by atoms with Crippen LogP contribution in [0.25, 0.3) is 11.3 Å². The third-order valence-corrected chi connectivity index (χ3v) is 5.98. The standard InChI is InChI=1S/C21H16Cl2FN3O2S/c1-29-17-7-12(14(22)8-15(17)23)18-13-10-27(9-11-5-3-4-6-16(11)24)20(28)19(13)26-21(25-18)30-2/h3-8H,9-10H2,1-2H3. The Morgan fingerprint density at radius 3 is 2.60 bits per heavy atom. The van der Waals surface area contributed by atoms with Gasteiger partial charge in [0, 0.05) is 23.2 Å². The maximum atomic E-state index is 14.1. The Bertz CT molecular complexity index is 1160. The molecule has 5 nitrogen and oxygen atoms in total. The molecular weight excluding hydrogens is 448 g/mol. The molecule has 1 amide bonds. The van der Waals surface area contributed by atoms with E-state index in [0.717, 1.165) is 0 Å². The van der Waals surface area contributed by atoms with E-state index in [-0.39, 0.29) is 24.8 Å². The van der Waals surface area contributed by atoms with Gasteiger partial charge in [-0.15, -0.1) is 0 Å². The normalized spacial score (nSPS) is 13.0. The second-order valence-corrected chi connectivity index (χ2v) is 8.19. The molecule has 2 heterocycles. The molecule has 2 aromatic carbocycles. The predicted molar refractivity (Wildman–Crippen MR) is 116 cm³/mol. The molecule has 154 valence electrons. The summed E-state index contributed by atoms with van der Waals surface area (Å²) in [6.45, 7) is 0.376. The number of carbonyl (C=O) groups is 1. The van der Waals surface area contributed by atoms with E-state index in [4.69, 9.17) is 27.9 Å². The summed E-state index contributed by atoms with van der Waals surface area (Å²) in [6, 6.07) is 9.67. The number of rotatable bonds is 5. The minimum Gasteiger partial charge on any atom is -0.495 e. The van der Waals surface area contributed by atoms with Crippen molar-refractivity contribution in [3.63, 3.8) is 0 Å². The van der Waals surface area contributed by atoms with Crippen molar-refractivity contribution in [1.82, 2.24) is 14.9 Å². The van der Waals surface area contributed by atoms with Crippen molar-refractivity contribution in [2.75, 3.05) is 13.4 Å². The third-order valence-electron chi connectivity index (χ3n) is 4.82. The zero-order valence-electron chi connectivity index (χ0n) is 16.1. The Morgan fingerprint density at radius 2 is 1.90 bits per heavy atom. The predicted octanol–water partition coefficient (Wildman–Crippen LogP) is 5.48. The number of benzene rings is 2. The minimum absolute atomic E-state index is 0.133. The van der Waals surface area contributed by atoms with E-state index in [2.05, 4.69) is 9.97 Å². The average Bonchev–Trinajstić information content (AvgIpc) is 3.05. The Hall–Kier alpha value is -2.35. The van der Waals surface area contributed by atoms with Crippen molar-refractivity contribution < 1.29 is 13.9 Å². The highest BCUT2D eigenvalue weighted by Crippen LogP contribution is 2.40. The molecule has 0 atom stereocenters. The SMILES string of the molecule is COc1cc(-c2nc(SC)nc3c2CN(Cc2ccccc2F)C3=O)c(Cl)cc1Cl. The molecule has 1 aliphatic heterocycles. The Balaban J connectivity index is 1.81. The maximum absolute atomic E-state index is 14.1. The number of halogens is 3. The smallest absolute Gasteiger partial charge is 0.273 e. The van der Waals surface area contributed by atoms with Gasteiger partial charge in [0.05, 0.1) is 29.4 Å². The summed E-state index contributed by atoms with van der Waals surface area (Å²) >= 11 is 13.9. The molecule has 0 saturated carbocycles. The molecule has 30 heavy (non-hydrogen) atoms. The van der Waals surface area contributed by atoms with E-state index >= 15 is 0 Å². The number of fused-ring (bicyclic) bond motifs is 1.